The number of nitrogens with zero attached hydrogens (tertiary/aromatic N) is 1. The quantitative estimate of drug-likeness (QED) is 0.706. The lowest BCUT2D eigenvalue weighted by molar-refractivity contribution is -0.143. The van der Waals surface area contributed by atoms with Crippen molar-refractivity contribution in [2.24, 2.45) is 0 Å². The lowest BCUT2D eigenvalue weighted by atomic mass is 10.1. The summed E-state index contributed by atoms with van der Waals surface area (Å²) in [5.41, 5.74) is 1.98. The number of hydrogen-bond donors (Lipinski definition) is 0. The van der Waals surface area contributed by atoms with Crippen LogP contribution in [0.2, 0.25) is 5.02 Å². The van der Waals surface area contributed by atoms with Gasteiger partial charge in [0.15, 0.2) is 0 Å². The molecule has 2 aromatic rings. The van der Waals surface area contributed by atoms with Gasteiger partial charge in [-0.05, 0) is 47.5 Å². The first-order valence-corrected chi connectivity index (χ1v) is 8.30. The van der Waals surface area contributed by atoms with Crippen molar-refractivity contribution in [3.8, 4) is 0 Å². The molecule has 0 unspecified atom stereocenters. The summed E-state index contributed by atoms with van der Waals surface area (Å²) in [5.74, 6) is -0.763. The molecular formula is C16H17BrClNO4. The summed E-state index contributed by atoms with van der Waals surface area (Å²) in [6.45, 7) is 4.24. The minimum atomic E-state index is -0.453. The number of halogens is 2. The number of methoxy groups -OCH3 is 1. The Hall–Kier alpha value is -1.53. The Morgan fingerprint density at radius 3 is 2.65 bits per heavy atom. The van der Waals surface area contributed by atoms with Crippen LogP contribution in [-0.4, -0.2) is 30.2 Å². The Morgan fingerprint density at radius 2 is 2.04 bits per heavy atom. The smallest absolute Gasteiger partial charge is 0.354 e. The zero-order valence-electron chi connectivity index (χ0n) is 13.1. The summed E-state index contributed by atoms with van der Waals surface area (Å²) >= 11 is 9.62. The number of carbonyl (C=O) groups is 2. The third-order valence-corrected chi connectivity index (χ3v) is 4.95. The van der Waals surface area contributed by atoms with Crippen molar-refractivity contribution < 1.29 is 19.1 Å². The van der Waals surface area contributed by atoms with Crippen molar-refractivity contribution >= 4 is 50.4 Å². The van der Waals surface area contributed by atoms with E-state index >= 15 is 0 Å². The monoisotopic (exact) mass is 401 g/mol. The largest absolute Gasteiger partial charge is 0.466 e. The Bertz CT molecular complexity index is 769. The molecule has 0 aliphatic carbocycles. The topological polar surface area (TPSA) is 57.5 Å². The molecular weight excluding hydrogens is 386 g/mol. The maximum atomic E-state index is 12.2. The molecule has 0 aliphatic rings. The highest BCUT2D eigenvalue weighted by atomic mass is 79.9. The number of carbonyl (C=O) groups excluding carboxylic acids is 2. The van der Waals surface area contributed by atoms with Crippen LogP contribution in [0.1, 0.15) is 29.4 Å². The van der Waals surface area contributed by atoms with E-state index in [9.17, 15) is 9.59 Å². The molecule has 1 heterocycles. The lowest BCUT2D eigenvalue weighted by Crippen LogP contribution is -2.15. The molecule has 0 saturated carbocycles. The van der Waals surface area contributed by atoms with E-state index in [0.717, 1.165) is 16.5 Å². The van der Waals surface area contributed by atoms with E-state index < -0.39 is 5.97 Å². The molecule has 1 aromatic carbocycles. The van der Waals surface area contributed by atoms with Gasteiger partial charge in [0, 0.05) is 16.4 Å². The van der Waals surface area contributed by atoms with Gasteiger partial charge in [-0.3, -0.25) is 4.79 Å². The van der Waals surface area contributed by atoms with Crippen molar-refractivity contribution in [2.45, 2.75) is 26.8 Å². The average Bonchev–Trinajstić information content (AvgIpc) is 2.81. The van der Waals surface area contributed by atoms with Crippen LogP contribution < -0.4 is 0 Å². The average molecular weight is 403 g/mol. The zero-order valence-corrected chi connectivity index (χ0v) is 15.5. The number of esters is 2. The van der Waals surface area contributed by atoms with Crippen molar-refractivity contribution in [1.82, 2.24) is 4.57 Å². The molecule has 124 valence electrons. The number of fused-ring (bicyclic) bond motifs is 1. The van der Waals surface area contributed by atoms with E-state index in [1.165, 1.54) is 7.11 Å². The first kappa shape index (κ1) is 17.8. The van der Waals surface area contributed by atoms with Crippen LogP contribution in [0.5, 0.6) is 0 Å². The first-order chi connectivity index (χ1) is 10.9. The van der Waals surface area contributed by atoms with Crippen LogP contribution in [0.4, 0.5) is 0 Å². The van der Waals surface area contributed by atoms with Gasteiger partial charge in [0.05, 0.1) is 30.7 Å². The van der Waals surface area contributed by atoms with Crippen LogP contribution >= 0.6 is 27.5 Å². The van der Waals surface area contributed by atoms with Crippen molar-refractivity contribution in [3.63, 3.8) is 0 Å². The highest BCUT2D eigenvalue weighted by Gasteiger charge is 2.23. The minimum absolute atomic E-state index is 0.168. The van der Waals surface area contributed by atoms with Crippen LogP contribution in [0.25, 0.3) is 10.9 Å². The molecule has 0 aliphatic heterocycles. The molecule has 0 N–H and O–H groups in total. The predicted molar refractivity (Wildman–Crippen MR) is 92.0 cm³/mol. The Kier molecular flexibility index (Phi) is 5.70. The second kappa shape index (κ2) is 7.36. The normalized spacial score (nSPS) is 10.8. The Morgan fingerprint density at radius 1 is 1.35 bits per heavy atom. The van der Waals surface area contributed by atoms with E-state index in [4.69, 9.17) is 21.1 Å². The van der Waals surface area contributed by atoms with Gasteiger partial charge >= 0.3 is 11.9 Å². The highest BCUT2D eigenvalue weighted by molar-refractivity contribution is 9.10. The number of hydrogen-bond acceptors (Lipinski definition) is 4. The summed E-state index contributed by atoms with van der Waals surface area (Å²) in [6.07, 6.45) is 0.168. The standard InChI is InChI=1S/C16H17BrClNO4/c1-4-23-12(20)7-8-19-11-6-5-10(18)14(17)13(11)9(2)15(19)16(21)22-3/h5-6H,4,7-8H2,1-3H3. The second-order valence-corrected chi connectivity index (χ2v) is 6.13. The summed E-state index contributed by atoms with van der Waals surface area (Å²) in [7, 11) is 1.33. The molecule has 0 spiro atoms. The molecule has 7 heteroatoms. The SMILES string of the molecule is CCOC(=O)CCn1c(C(=O)OC)c(C)c2c(Br)c(Cl)ccc21. The molecule has 5 nitrogen and oxygen atoms in total. The molecule has 0 bridgehead atoms. The third kappa shape index (κ3) is 3.38. The van der Waals surface area contributed by atoms with Crippen molar-refractivity contribution in [1.29, 1.82) is 0 Å². The molecule has 2 rings (SSSR count). The summed E-state index contributed by atoms with van der Waals surface area (Å²) < 4.78 is 12.3. The van der Waals surface area contributed by atoms with Gasteiger partial charge in [-0.15, -0.1) is 0 Å². The fraction of sp³-hybridized carbons (Fsp3) is 0.375. The Labute approximate surface area is 147 Å². The summed E-state index contributed by atoms with van der Waals surface area (Å²) in [5, 5.41) is 1.39. The first-order valence-electron chi connectivity index (χ1n) is 7.13. The van der Waals surface area contributed by atoms with Gasteiger partial charge in [0.1, 0.15) is 5.69 Å². The van der Waals surface area contributed by atoms with Gasteiger partial charge in [0.2, 0.25) is 0 Å². The molecule has 23 heavy (non-hydrogen) atoms. The van der Waals surface area contributed by atoms with Crippen LogP contribution in [0.3, 0.4) is 0 Å². The fourth-order valence-corrected chi connectivity index (χ4v) is 3.38. The lowest BCUT2D eigenvalue weighted by Gasteiger charge is -2.10. The fourth-order valence-electron chi connectivity index (χ4n) is 2.59. The van der Waals surface area contributed by atoms with E-state index in [1.807, 2.05) is 13.0 Å². The molecule has 0 saturated heterocycles. The van der Waals surface area contributed by atoms with E-state index in [1.54, 1.807) is 17.6 Å². The number of benzene rings is 1. The van der Waals surface area contributed by atoms with E-state index in [-0.39, 0.29) is 12.4 Å². The number of ether oxygens (including phenoxy) is 2. The number of aryl methyl sites for hydroxylation is 2. The molecule has 1 aromatic heterocycles. The van der Waals surface area contributed by atoms with Crippen molar-refractivity contribution in [2.75, 3.05) is 13.7 Å². The van der Waals surface area contributed by atoms with Crippen LogP contribution in [0, 0.1) is 6.92 Å². The predicted octanol–water partition coefficient (Wildman–Crippen LogP) is 4.11. The molecule has 0 atom stereocenters. The van der Waals surface area contributed by atoms with Gasteiger partial charge in [0.25, 0.3) is 0 Å². The summed E-state index contributed by atoms with van der Waals surface area (Å²) in [4.78, 5) is 23.8. The maximum Gasteiger partial charge on any atom is 0.354 e. The molecule has 0 fully saturated rings. The van der Waals surface area contributed by atoms with Gasteiger partial charge in [-0.25, -0.2) is 4.79 Å². The number of rotatable bonds is 5. The Balaban J connectivity index is 2.58. The maximum absolute atomic E-state index is 12.2. The zero-order chi connectivity index (χ0) is 17.1. The number of aromatic nitrogens is 1. The van der Waals surface area contributed by atoms with Gasteiger partial charge in [-0.2, -0.15) is 0 Å². The summed E-state index contributed by atoms with van der Waals surface area (Å²) in [6, 6.07) is 3.57. The van der Waals surface area contributed by atoms with E-state index in [2.05, 4.69) is 15.9 Å². The van der Waals surface area contributed by atoms with Gasteiger partial charge in [-0.1, -0.05) is 11.6 Å². The third-order valence-electron chi connectivity index (χ3n) is 3.59. The molecule has 0 amide bonds. The van der Waals surface area contributed by atoms with Crippen molar-refractivity contribution in [3.05, 3.63) is 32.9 Å². The highest BCUT2D eigenvalue weighted by Crippen LogP contribution is 2.36. The van der Waals surface area contributed by atoms with E-state index in [0.29, 0.717) is 28.3 Å². The van der Waals surface area contributed by atoms with Crippen LogP contribution in [-0.2, 0) is 20.8 Å². The second-order valence-electron chi connectivity index (χ2n) is 4.93. The van der Waals surface area contributed by atoms with Crippen LogP contribution in [0.15, 0.2) is 16.6 Å². The minimum Gasteiger partial charge on any atom is -0.466 e. The molecule has 0 radical (unpaired) electrons. The van der Waals surface area contributed by atoms with Gasteiger partial charge < -0.3 is 14.0 Å².